The smallest absolute Gasteiger partial charge is 0.345 e. The van der Waals surface area contributed by atoms with Gasteiger partial charge in [0.1, 0.15) is 12.1 Å². The van der Waals surface area contributed by atoms with Crippen molar-refractivity contribution in [3.05, 3.63) is 17.2 Å². The number of urea groups is 1. The zero-order chi connectivity index (χ0) is 15.3. The zero-order valence-electron chi connectivity index (χ0n) is 11.4. The van der Waals surface area contributed by atoms with Gasteiger partial charge in [0.05, 0.1) is 20.8 Å². The fourth-order valence-electron chi connectivity index (χ4n) is 2.86. The number of pyridine rings is 1. The normalized spacial score (nSPS) is 23.1. The molecule has 0 spiro atoms. The summed E-state index contributed by atoms with van der Waals surface area (Å²) in [5.41, 5.74) is 6.34. The maximum atomic E-state index is 12.0. The summed E-state index contributed by atoms with van der Waals surface area (Å²) in [6.45, 7) is 0.139. The number of carbonyl (C=O) groups is 2. The number of primary amides is 1. The van der Waals surface area contributed by atoms with Crippen LogP contribution in [0.3, 0.4) is 0 Å². The molecule has 3 heterocycles. The summed E-state index contributed by atoms with van der Waals surface area (Å²) in [6, 6.07) is -0.803. The van der Waals surface area contributed by atoms with Gasteiger partial charge in [0, 0.05) is 17.2 Å². The van der Waals surface area contributed by atoms with Gasteiger partial charge in [-0.3, -0.25) is 10.0 Å². The third kappa shape index (κ3) is 1.70. The molecule has 1 fully saturated rings. The summed E-state index contributed by atoms with van der Waals surface area (Å²) >= 11 is 0. The zero-order valence-corrected chi connectivity index (χ0v) is 11.4. The number of methoxy groups -OCH3 is 2. The lowest BCUT2D eigenvalue weighted by atomic mass is 9.91. The average molecular weight is 294 g/mol. The molecule has 21 heavy (non-hydrogen) atoms. The molecule has 112 valence electrons. The van der Waals surface area contributed by atoms with Crippen LogP contribution in [0, 0.1) is 0 Å². The van der Waals surface area contributed by atoms with Gasteiger partial charge in [-0.15, -0.1) is 0 Å². The Kier molecular flexibility index (Phi) is 2.87. The molecule has 9 nitrogen and oxygen atoms in total. The fourth-order valence-corrected chi connectivity index (χ4v) is 2.86. The number of ether oxygens (including phenoxy) is 2. The predicted octanol–water partition coefficient (Wildman–Crippen LogP) is -0.193. The highest BCUT2D eigenvalue weighted by molar-refractivity contribution is 5.90. The lowest BCUT2D eigenvalue weighted by molar-refractivity contribution is -0.122. The van der Waals surface area contributed by atoms with Gasteiger partial charge in [-0.2, -0.15) is 10.0 Å². The maximum absolute atomic E-state index is 12.0. The molecule has 2 atom stereocenters. The summed E-state index contributed by atoms with van der Waals surface area (Å²) in [6.07, 6.45) is 0. The average Bonchev–Trinajstić information content (AvgIpc) is 2.72. The van der Waals surface area contributed by atoms with E-state index in [4.69, 9.17) is 15.2 Å². The van der Waals surface area contributed by atoms with Crippen molar-refractivity contribution in [3.8, 4) is 11.8 Å². The van der Waals surface area contributed by atoms with E-state index in [0.717, 1.165) is 0 Å². The van der Waals surface area contributed by atoms with Crippen molar-refractivity contribution >= 4 is 11.9 Å². The molecule has 0 aromatic carbocycles. The highest BCUT2D eigenvalue weighted by Gasteiger charge is 2.51. The van der Waals surface area contributed by atoms with E-state index in [2.05, 4.69) is 4.98 Å². The summed E-state index contributed by atoms with van der Waals surface area (Å²) < 4.78 is 10.3. The van der Waals surface area contributed by atoms with Crippen molar-refractivity contribution in [2.24, 2.45) is 5.73 Å². The van der Waals surface area contributed by atoms with Gasteiger partial charge in [-0.1, -0.05) is 0 Å². The van der Waals surface area contributed by atoms with Crippen LogP contribution in [0.4, 0.5) is 4.79 Å². The quantitative estimate of drug-likeness (QED) is 0.746. The minimum absolute atomic E-state index is 0.139. The number of nitrogens with two attached hydrogens (primary N) is 1. The second-order valence-electron chi connectivity index (χ2n) is 4.78. The van der Waals surface area contributed by atoms with Gasteiger partial charge < -0.3 is 20.1 Å². The number of hydroxylamine groups is 2. The molecule has 0 aliphatic carbocycles. The van der Waals surface area contributed by atoms with Crippen molar-refractivity contribution < 1.29 is 24.3 Å². The highest BCUT2D eigenvalue weighted by atomic mass is 16.5. The summed E-state index contributed by atoms with van der Waals surface area (Å²) in [5.74, 6) is -0.279. The number of fused-ring (bicyclic) bond motifs is 4. The molecule has 3 N–H and O–H groups in total. The first-order valence-electron chi connectivity index (χ1n) is 6.20. The van der Waals surface area contributed by atoms with Crippen LogP contribution < -0.4 is 15.2 Å². The first-order valence-corrected chi connectivity index (χ1v) is 6.20. The Morgan fingerprint density at radius 2 is 2.19 bits per heavy atom. The van der Waals surface area contributed by atoms with Gasteiger partial charge >= 0.3 is 6.03 Å². The number of rotatable bonds is 3. The van der Waals surface area contributed by atoms with E-state index in [-0.39, 0.29) is 18.3 Å². The number of amides is 3. The van der Waals surface area contributed by atoms with E-state index >= 15 is 0 Å². The highest BCUT2D eigenvalue weighted by Crippen LogP contribution is 2.46. The van der Waals surface area contributed by atoms with Crippen LogP contribution in [0.1, 0.15) is 23.2 Å². The van der Waals surface area contributed by atoms with Crippen LogP contribution in [0.5, 0.6) is 11.8 Å². The lowest BCUT2D eigenvalue weighted by Gasteiger charge is -2.31. The Morgan fingerprint density at radius 3 is 2.76 bits per heavy atom. The van der Waals surface area contributed by atoms with Crippen LogP contribution in [0.15, 0.2) is 6.07 Å². The number of aromatic nitrogens is 1. The number of carbonyl (C=O) groups excluding carboxylic acids is 2. The van der Waals surface area contributed by atoms with Gasteiger partial charge in [0.2, 0.25) is 17.7 Å². The van der Waals surface area contributed by atoms with Crippen LogP contribution >= 0.6 is 0 Å². The van der Waals surface area contributed by atoms with Gasteiger partial charge in [0.15, 0.2) is 0 Å². The number of hydrogen-bond acceptors (Lipinski definition) is 6. The van der Waals surface area contributed by atoms with Gasteiger partial charge in [-0.25, -0.2) is 4.79 Å². The van der Waals surface area contributed by atoms with Crippen LogP contribution in [-0.4, -0.2) is 52.9 Å². The Hall–Kier alpha value is -2.55. The van der Waals surface area contributed by atoms with E-state index in [1.54, 1.807) is 0 Å². The second-order valence-corrected chi connectivity index (χ2v) is 4.78. The number of nitrogens with zero attached hydrogens (tertiary/aromatic N) is 3. The Bertz CT molecular complexity index is 634. The topological polar surface area (TPSA) is 118 Å². The summed E-state index contributed by atoms with van der Waals surface area (Å²) in [7, 11) is 2.83. The molecule has 1 aromatic rings. The van der Waals surface area contributed by atoms with Gasteiger partial charge in [0.25, 0.3) is 0 Å². The molecule has 2 aliphatic heterocycles. The van der Waals surface area contributed by atoms with E-state index < -0.39 is 24.0 Å². The maximum Gasteiger partial charge on any atom is 0.345 e. The monoisotopic (exact) mass is 294 g/mol. The molecule has 1 aromatic heterocycles. The van der Waals surface area contributed by atoms with E-state index in [1.165, 1.54) is 25.2 Å². The summed E-state index contributed by atoms with van der Waals surface area (Å²) in [4.78, 5) is 29.2. The largest absolute Gasteiger partial charge is 0.481 e. The van der Waals surface area contributed by atoms with Crippen molar-refractivity contribution in [3.63, 3.8) is 0 Å². The Labute approximate surface area is 119 Å². The van der Waals surface area contributed by atoms with Crippen molar-refractivity contribution in [1.82, 2.24) is 14.9 Å². The SMILES string of the molecule is COc1cc2c(c(OC)n1)C1CN(C(=O)N1O)C2C(N)=O. The van der Waals surface area contributed by atoms with E-state index in [1.807, 2.05) is 0 Å². The first-order chi connectivity index (χ1) is 9.99. The first kappa shape index (κ1) is 13.4. The molecule has 3 rings (SSSR count). The third-order valence-electron chi connectivity index (χ3n) is 3.75. The Morgan fingerprint density at radius 1 is 1.48 bits per heavy atom. The van der Waals surface area contributed by atoms with Crippen molar-refractivity contribution in [2.45, 2.75) is 12.1 Å². The molecular weight excluding hydrogens is 280 g/mol. The molecule has 9 heteroatoms. The van der Waals surface area contributed by atoms with Crippen LogP contribution in [0.2, 0.25) is 0 Å². The second kappa shape index (κ2) is 4.48. The lowest BCUT2D eigenvalue weighted by Crippen LogP contribution is -2.41. The molecule has 0 saturated carbocycles. The molecule has 3 amide bonds. The standard InChI is InChI=1S/C12H14N4O5/c1-20-7-3-5-8(11(14-7)21-2)6-4-15(9(5)10(13)17)12(18)16(6)19/h3,6,9,19H,4H2,1-2H3,(H2,13,17). The van der Waals surface area contributed by atoms with Crippen LogP contribution in [-0.2, 0) is 4.79 Å². The minimum Gasteiger partial charge on any atom is -0.481 e. The number of hydrogen-bond donors (Lipinski definition) is 2. The molecule has 1 saturated heterocycles. The summed E-state index contributed by atoms with van der Waals surface area (Å²) in [5, 5.41) is 10.5. The van der Waals surface area contributed by atoms with Gasteiger partial charge in [-0.05, 0) is 0 Å². The Balaban J connectivity index is 2.27. The molecular formula is C12H14N4O5. The molecule has 2 aliphatic rings. The van der Waals surface area contributed by atoms with E-state index in [9.17, 15) is 14.8 Å². The minimum atomic E-state index is -0.994. The van der Waals surface area contributed by atoms with Crippen molar-refractivity contribution in [2.75, 3.05) is 20.8 Å². The molecule has 2 unspecified atom stereocenters. The molecule has 2 bridgehead atoms. The van der Waals surface area contributed by atoms with Crippen molar-refractivity contribution in [1.29, 1.82) is 0 Å². The van der Waals surface area contributed by atoms with Crippen LogP contribution in [0.25, 0.3) is 0 Å². The van der Waals surface area contributed by atoms with E-state index in [0.29, 0.717) is 16.2 Å². The third-order valence-corrected chi connectivity index (χ3v) is 3.75. The fraction of sp³-hybridized carbons (Fsp3) is 0.417. The predicted molar refractivity (Wildman–Crippen MR) is 67.7 cm³/mol. The molecule has 0 radical (unpaired) electrons.